The molecule has 0 aliphatic rings. The van der Waals surface area contributed by atoms with Crippen LogP contribution in [0.5, 0.6) is 0 Å². The first-order chi connectivity index (χ1) is 4.66. The molecule has 0 aliphatic heterocycles. The lowest BCUT2D eigenvalue weighted by Gasteiger charge is -1.99. The van der Waals surface area contributed by atoms with Crippen molar-refractivity contribution in [3.63, 3.8) is 0 Å². The molecule has 0 rings (SSSR count). The third-order valence-corrected chi connectivity index (χ3v) is 0.750. The maximum absolute atomic E-state index is 8.04. The molecule has 0 amide bonds. The molecule has 6 nitrogen and oxygen atoms in total. The molecule has 6 heteroatoms. The van der Waals surface area contributed by atoms with Gasteiger partial charge in [0.25, 0.3) is 0 Å². The maximum atomic E-state index is 8.04. The molecule has 0 atom stereocenters. The van der Waals surface area contributed by atoms with Crippen LogP contribution in [0.4, 0.5) is 0 Å². The van der Waals surface area contributed by atoms with Crippen LogP contribution in [-0.2, 0) is 0 Å². The zero-order chi connectivity index (χ0) is 7.98. The molecule has 0 aromatic rings. The van der Waals surface area contributed by atoms with Crippen molar-refractivity contribution in [1.82, 2.24) is 5.32 Å². The Morgan fingerprint density at radius 3 is 2.50 bits per heavy atom. The highest BCUT2D eigenvalue weighted by Gasteiger charge is 1.91. The van der Waals surface area contributed by atoms with Gasteiger partial charge in [-0.05, 0) is 0 Å². The van der Waals surface area contributed by atoms with Crippen molar-refractivity contribution in [2.24, 2.45) is 16.6 Å². The molecule has 0 saturated carbocycles. The van der Waals surface area contributed by atoms with Crippen LogP contribution in [-0.4, -0.2) is 30.0 Å². The predicted octanol–water partition coefficient (Wildman–Crippen LogP) is -1.74. The SMILES string of the molecule is N=C(N)CNCC(N)=NO. The summed E-state index contributed by atoms with van der Waals surface area (Å²) >= 11 is 0. The van der Waals surface area contributed by atoms with Crippen LogP contribution in [0.1, 0.15) is 0 Å². The fraction of sp³-hybridized carbons (Fsp3) is 0.500. The van der Waals surface area contributed by atoms with Gasteiger partial charge in [-0.3, -0.25) is 5.41 Å². The van der Waals surface area contributed by atoms with Gasteiger partial charge in [-0.15, -0.1) is 0 Å². The monoisotopic (exact) mass is 145 g/mol. The Balaban J connectivity index is 3.29. The van der Waals surface area contributed by atoms with Gasteiger partial charge in [0.05, 0.1) is 13.1 Å². The normalized spacial score (nSPS) is 11.4. The summed E-state index contributed by atoms with van der Waals surface area (Å²) < 4.78 is 0. The largest absolute Gasteiger partial charge is 0.409 e. The molecule has 0 spiro atoms. The van der Waals surface area contributed by atoms with Crippen molar-refractivity contribution in [2.75, 3.05) is 13.1 Å². The molecule has 0 heterocycles. The summed E-state index contributed by atoms with van der Waals surface area (Å²) in [6.45, 7) is 0.478. The Morgan fingerprint density at radius 1 is 1.50 bits per heavy atom. The summed E-state index contributed by atoms with van der Waals surface area (Å²) in [5, 5.41) is 20.2. The second kappa shape index (κ2) is 4.57. The minimum atomic E-state index is 0.0192. The standard InChI is InChI=1S/C4H11N5O/c5-3(6)1-8-2-4(7)9-10/h8,10H,1-2H2,(H3,5,6)(H2,7,9). The first-order valence-electron chi connectivity index (χ1n) is 2.67. The molecule has 10 heavy (non-hydrogen) atoms. The third kappa shape index (κ3) is 4.85. The highest BCUT2D eigenvalue weighted by molar-refractivity contribution is 5.83. The number of nitrogens with zero attached hydrogens (tertiary/aromatic N) is 1. The number of nitrogens with two attached hydrogens (primary N) is 2. The van der Waals surface area contributed by atoms with Crippen LogP contribution in [0.3, 0.4) is 0 Å². The second-order valence-electron chi connectivity index (χ2n) is 1.72. The average Bonchev–Trinajstić information content (AvgIpc) is 1.87. The molecule has 0 aromatic heterocycles. The van der Waals surface area contributed by atoms with Crippen molar-refractivity contribution in [2.45, 2.75) is 0 Å². The molecule has 0 aromatic carbocycles. The van der Waals surface area contributed by atoms with Gasteiger partial charge in [-0.2, -0.15) is 0 Å². The Morgan fingerprint density at radius 2 is 2.10 bits per heavy atom. The molecule has 0 aliphatic carbocycles. The number of nitrogens with one attached hydrogen (secondary N) is 2. The number of rotatable bonds is 4. The van der Waals surface area contributed by atoms with Gasteiger partial charge in [0.1, 0.15) is 5.84 Å². The van der Waals surface area contributed by atoms with Gasteiger partial charge in [0, 0.05) is 0 Å². The molecular formula is C4H11N5O. The molecule has 0 saturated heterocycles. The van der Waals surface area contributed by atoms with Crippen molar-refractivity contribution in [1.29, 1.82) is 5.41 Å². The Bertz CT molecular complexity index is 143. The summed E-state index contributed by atoms with van der Waals surface area (Å²) in [4.78, 5) is 0. The van der Waals surface area contributed by atoms with E-state index in [0.717, 1.165) is 0 Å². The molecular weight excluding hydrogens is 134 g/mol. The molecule has 0 fully saturated rings. The lowest BCUT2D eigenvalue weighted by atomic mass is 10.5. The van der Waals surface area contributed by atoms with Crippen LogP contribution in [0, 0.1) is 5.41 Å². The van der Waals surface area contributed by atoms with Gasteiger partial charge < -0.3 is 22.0 Å². The van der Waals surface area contributed by atoms with Crippen LogP contribution in [0.25, 0.3) is 0 Å². The van der Waals surface area contributed by atoms with E-state index in [0.29, 0.717) is 0 Å². The highest BCUT2D eigenvalue weighted by atomic mass is 16.4. The van der Waals surface area contributed by atoms with Gasteiger partial charge in [-0.1, -0.05) is 5.16 Å². The van der Waals surface area contributed by atoms with E-state index in [4.69, 9.17) is 22.1 Å². The van der Waals surface area contributed by atoms with E-state index in [2.05, 4.69) is 10.5 Å². The molecule has 7 N–H and O–H groups in total. The fourth-order valence-electron chi connectivity index (χ4n) is 0.361. The molecule has 0 radical (unpaired) electrons. The lowest BCUT2D eigenvalue weighted by molar-refractivity contribution is 0.317. The summed E-state index contributed by atoms with van der Waals surface area (Å²) in [6, 6.07) is 0. The van der Waals surface area contributed by atoms with Gasteiger partial charge in [-0.25, -0.2) is 0 Å². The third-order valence-electron chi connectivity index (χ3n) is 0.750. The van der Waals surface area contributed by atoms with Crippen LogP contribution in [0.2, 0.25) is 0 Å². The van der Waals surface area contributed by atoms with Gasteiger partial charge in [0.2, 0.25) is 0 Å². The number of oxime groups is 1. The van der Waals surface area contributed by atoms with Crippen molar-refractivity contribution >= 4 is 11.7 Å². The van der Waals surface area contributed by atoms with E-state index < -0.39 is 0 Å². The zero-order valence-electron chi connectivity index (χ0n) is 5.46. The second-order valence-corrected chi connectivity index (χ2v) is 1.72. The van der Waals surface area contributed by atoms with E-state index in [9.17, 15) is 0 Å². The Kier molecular flexibility index (Phi) is 3.97. The summed E-state index contributed by atoms with van der Waals surface area (Å²) in [5.74, 6) is 0.0898. The molecule has 58 valence electrons. The topological polar surface area (TPSA) is 121 Å². The number of hydrogen-bond acceptors (Lipinski definition) is 4. The molecule has 0 bridgehead atoms. The zero-order valence-corrected chi connectivity index (χ0v) is 5.46. The number of hydrogen-bond donors (Lipinski definition) is 5. The minimum absolute atomic E-state index is 0.0192. The quantitative estimate of drug-likeness (QED) is 0.139. The van der Waals surface area contributed by atoms with Gasteiger partial charge in [0.15, 0.2) is 5.84 Å². The minimum Gasteiger partial charge on any atom is -0.409 e. The molecule has 0 unspecified atom stereocenters. The predicted molar refractivity (Wildman–Crippen MR) is 38.2 cm³/mol. The smallest absolute Gasteiger partial charge is 0.153 e. The summed E-state index contributed by atoms with van der Waals surface area (Å²) in [6.07, 6.45) is 0. The Hall–Kier alpha value is -1.30. The van der Waals surface area contributed by atoms with E-state index in [-0.39, 0.29) is 24.8 Å². The maximum Gasteiger partial charge on any atom is 0.153 e. The van der Waals surface area contributed by atoms with Crippen molar-refractivity contribution < 1.29 is 5.21 Å². The average molecular weight is 145 g/mol. The van der Waals surface area contributed by atoms with Crippen molar-refractivity contribution in [3.8, 4) is 0 Å². The van der Waals surface area contributed by atoms with E-state index >= 15 is 0 Å². The van der Waals surface area contributed by atoms with Crippen LogP contribution < -0.4 is 16.8 Å². The first-order valence-corrected chi connectivity index (χ1v) is 2.67. The van der Waals surface area contributed by atoms with Crippen LogP contribution in [0.15, 0.2) is 5.16 Å². The summed E-state index contributed by atoms with van der Waals surface area (Å²) in [5.41, 5.74) is 10.1. The van der Waals surface area contributed by atoms with Crippen molar-refractivity contribution in [3.05, 3.63) is 0 Å². The van der Waals surface area contributed by atoms with E-state index in [1.807, 2.05) is 0 Å². The fourth-order valence-corrected chi connectivity index (χ4v) is 0.361. The van der Waals surface area contributed by atoms with E-state index in [1.54, 1.807) is 0 Å². The lowest BCUT2D eigenvalue weighted by Crippen LogP contribution is -2.34. The summed E-state index contributed by atoms with van der Waals surface area (Å²) in [7, 11) is 0. The van der Waals surface area contributed by atoms with Gasteiger partial charge >= 0.3 is 0 Å². The van der Waals surface area contributed by atoms with E-state index in [1.165, 1.54) is 0 Å². The Labute approximate surface area is 58.4 Å². The number of amidine groups is 2. The highest BCUT2D eigenvalue weighted by Crippen LogP contribution is 1.62. The first kappa shape index (κ1) is 8.70. The van der Waals surface area contributed by atoms with Crippen LogP contribution >= 0.6 is 0 Å².